The molecule has 17 N–H and O–H groups in total. The maximum Gasteiger partial charge on any atom is 0.243 e. The van der Waals surface area contributed by atoms with Crippen LogP contribution >= 0.6 is 0 Å². The lowest BCUT2D eigenvalue weighted by molar-refractivity contribution is -0.135. The number of carbonyl (C=O) groups is 9. The lowest BCUT2D eigenvalue weighted by Gasteiger charge is -2.28. The number of carbonyl (C=O) groups excluding carboxylic acids is 9. The standard InChI is InChI=1S/C47H65N15O9/c1-3-4-14-33(57-27(2)63)42(67)59-35(17-18-39(48)64)44(69)62-38(22-30-24-52-26-56-30)46(71)60-36(20-28-11-6-5-7-12-28)45(70)58-34(16-10-19-53-47(50)51)43(68)61-37(41(66)55-25-40(49)65)21-29-23-54-32-15-9-8-13-31(29)32/h5-9,11-13,15,23-24,26,33-38,54H,3-4,10,14,16-22,25H2,1-2H3,(H2,48,64)(H2,49,65)(H,52,56)(H,55,66)(H,57,63)(H,58,70)(H,59,67)(H,60,71)(H,61,68)(H,62,69)(H4,50,51,53)/t33-,34-,35-,36-,37-,38-/m0/s1. The number of benzene rings is 2. The predicted octanol–water partition coefficient (Wildman–Crippen LogP) is -2.04. The van der Waals surface area contributed by atoms with E-state index in [1.807, 2.05) is 31.2 Å². The quantitative estimate of drug-likeness (QED) is 0.0153. The fourth-order valence-corrected chi connectivity index (χ4v) is 7.52. The maximum atomic E-state index is 14.6. The van der Waals surface area contributed by atoms with Crippen LogP contribution in [0.15, 0.2) is 78.3 Å². The number of primary amides is 2. The highest BCUT2D eigenvalue weighted by Crippen LogP contribution is 2.20. The topological polar surface area (TPSA) is 399 Å². The highest BCUT2D eigenvalue weighted by atomic mass is 16.2. The molecule has 0 radical (unpaired) electrons. The average Bonchev–Trinajstić information content (AvgIpc) is 4.01. The van der Waals surface area contributed by atoms with E-state index < -0.39 is 96.0 Å². The third kappa shape index (κ3) is 19.0. The van der Waals surface area contributed by atoms with E-state index in [0.717, 1.165) is 10.9 Å². The molecule has 0 fully saturated rings. The van der Waals surface area contributed by atoms with Crippen LogP contribution in [0.4, 0.5) is 0 Å². The van der Waals surface area contributed by atoms with Crippen molar-refractivity contribution >= 4 is 70.0 Å². The Morgan fingerprint density at radius 3 is 1.73 bits per heavy atom. The molecule has 2 heterocycles. The van der Waals surface area contributed by atoms with Gasteiger partial charge in [-0.25, -0.2) is 4.98 Å². The zero-order valence-electron chi connectivity index (χ0n) is 39.8. The number of rotatable bonds is 30. The molecule has 4 aromatic rings. The van der Waals surface area contributed by atoms with Crippen molar-refractivity contribution in [3.63, 3.8) is 0 Å². The minimum atomic E-state index is -1.43. The highest BCUT2D eigenvalue weighted by molar-refractivity contribution is 5.98. The number of H-pyrrole nitrogens is 2. The first kappa shape index (κ1) is 55.3. The molecule has 0 unspecified atom stereocenters. The van der Waals surface area contributed by atoms with Gasteiger partial charge < -0.3 is 70.1 Å². The Labute approximate surface area is 409 Å². The van der Waals surface area contributed by atoms with Crippen molar-refractivity contribution in [3.8, 4) is 0 Å². The zero-order valence-corrected chi connectivity index (χ0v) is 39.8. The van der Waals surface area contributed by atoms with Gasteiger partial charge in [-0.05, 0) is 42.9 Å². The van der Waals surface area contributed by atoms with Crippen LogP contribution in [-0.4, -0.2) is 123 Å². The number of aromatic amines is 2. The van der Waals surface area contributed by atoms with Crippen molar-refractivity contribution < 1.29 is 43.2 Å². The van der Waals surface area contributed by atoms with Gasteiger partial charge in [0.15, 0.2) is 5.96 Å². The second kappa shape index (κ2) is 28.2. The van der Waals surface area contributed by atoms with Crippen molar-refractivity contribution in [2.45, 2.75) is 114 Å². The molecule has 0 spiro atoms. The molecule has 0 bridgehead atoms. The molecular weight excluding hydrogens is 919 g/mol. The Balaban J connectivity index is 1.65. The van der Waals surface area contributed by atoms with Gasteiger partial charge >= 0.3 is 0 Å². The molecule has 0 aliphatic carbocycles. The molecule has 24 nitrogen and oxygen atoms in total. The molecule has 0 aliphatic heterocycles. The minimum Gasteiger partial charge on any atom is -0.370 e. The zero-order chi connectivity index (χ0) is 51.9. The summed E-state index contributed by atoms with van der Waals surface area (Å²) in [6.45, 7) is 2.70. The summed E-state index contributed by atoms with van der Waals surface area (Å²) in [6, 6.07) is 8.10. The van der Waals surface area contributed by atoms with Crippen LogP contribution < -0.4 is 60.2 Å². The smallest absolute Gasteiger partial charge is 0.243 e. The van der Waals surface area contributed by atoms with Crippen LogP contribution in [0.25, 0.3) is 10.9 Å². The second-order valence-electron chi connectivity index (χ2n) is 16.9. The minimum absolute atomic E-state index is 0.0348. The Morgan fingerprint density at radius 1 is 0.606 bits per heavy atom. The first-order chi connectivity index (χ1) is 33.9. The molecule has 382 valence electrons. The summed E-state index contributed by atoms with van der Waals surface area (Å²) in [6.07, 6.45) is 5.22. The van der Waals surface area contributed by atoms with Crippen LogP contribution in [-0.2, 0) is 62.4 Å². The molecule has 0 saturated heterocycles. The molecular formula is C47H65N15O9. The van der Waals surface area contributed by atoms with E-state index in [1.165, 1.54) is 19.4 Å². The van der Waals surface area contributed by atoms with E-state index in [4.69, 9.17) is 22.9 Å². The SMILES string of the molecule is CCCC[C@H](NC(C)=O)C(=O)N[C@@H](CCC(N)=O)C(=O)N[C@@H](Cc1cnc[nH]1)C(=O)N[C@@H](Cc1ccccc1)C(=O)N[C@@H](CCCN=C(N)N)C(=O)N[C@@H](Cc1c[nH]c2ccccc12)C(=O)NCC(N)=O. The van der Waals surface area contributed by atoms with Gasteiger partial charge in [0, 0.05) is 68.1 Å². The van der Waals surface area contributed by atoms with E-state index in [9.17, 15) is 43.2 Å². The summed E-state index contributed by atoms with van der Waals surface area (Å²) in [7, 11) is 0. The summed E-state index contributed by atoms with van der Waals surface area (Å²) in [5.41, 5.74) is 24.3. The molecule has 6 atom stereocenters. The molecule has 0 aliphatic rings. The summed E-state index contributed by atoms with van der Waals surface area (Å²) in [5, 5.41) is 19.2. The van der Waals surface area contributed by atoms with Gasteiger partial charge in [-0.15, -0.1) is 0 Å². The Hall–Kier alpha value is -8.31. The van der Waals surface area contributed by atoms with Gasteiger partial charge in [-0.2, -0.15) is 0 Å². The van der Waals surface area contributed by atoms with Gasteiger partial charge in [-0.1, -0.05) is 68.3 Å². The van der Waals surface area contributed by atoms with E-state index in [2.05, 4.69) is 57.2 Å². The summed E-state index contributed by atoms with van der Waals surface area (Å²) < 4.78 is 0. The number of aliphatic imine (C=N–C) groups is 1. The van der Waals surface area contributed by atoms with Gasteiger partial charge in [0.2, 0.25) is 53.2 Å². The Bertz CT molecular complexity index is 2470. The monoisotopic (exact) mass is 984 g/mol. The lowest BCUT2D eigenvalue weighted by atomic mass is 10.0. The van der Waals surface area contributed by atoms with Crippen LogP contribution in [0.5, 0.6) is 0 Å². The maximum absolute atomic E-state index is 14.6. The first-order valence-corrected chi connectivity index (χ1v) is 23.2. The van der Waals surface area contributed by atoms with Gasteiger partial charge in [0.25, 0.3) is 0 Å². The average molecular weight is 984 g/mol. The van der Waals surface area contributed by atoms with Gasteiger partial charge in [0.05, 0.1) is 12.9 Å². The molecule has 71 heavy (non-hydrogen) atoms. The molecule has 24 heteroatoms. The van der Waals surface area contributed by atoms with Crippen molar-refractivity contribution in [3.05, 3.63) is 90.1 Å². The van der Waals surface area contributed by atoms with Crippen LogP contribution in [0.3, 0.4) is 0 Å². The number of hydrogen-bond acceptors (Lipinski definition) is 11. The summed E-state index contributed by atoms with van der Waals surface area (Å²) in [4.78, 5) is 134. The fourth-order valence-electron chi connectivity index (χ4n) is 7.52. The lowest BCUT2D eigenvalue weighted by Crippen LogP contribution is -2.60. The Morgan fingerprint density at radius 2 is 1.15 bits per heavy atom. The van der Waals surface area contributed by atoms with E-state index in [1.54, 1.807) is 36.5 Å². The van der Waals surface area contributed by atoms with Crippen LogP contribution in [0.2, 0.25) is 0 Å². The van der Waals surface area contributed by atoms with E-state index >= 15 is 0 Å². The van der Waals surface area contributed by atoms with Crippen molar-refractivity contribution in [2.75, 3.05) is 13.1 Å². The number of para-hydroxylation sites is 1. The number of nitrogens with one attached hydrogen (secondary N) is 9. The number of imidazole rings is 1. The van der Waals surface area contributed by atoms with Gasteiger partial charge in [0.1, 0.15) is 36.3 Å². The third-order valence-electron chi connectivity index (χ3n) is 11.1. The molecule has 2 aromatic carbocycles. The second-order valence-corrected chi connectivity index (χ2v) is 16.9. The van der Waals surface area contributed by atoms with Crippen molar-refractivity contribution in [1.29, 1.82) is 0 Å². The number of guanidine groups is 1. The fraction of sp³-hybridized carbons (Fsp3) is 0.426. The number of fused-ring (bicyclic) bond motifs is 1. The van der Waals surface area contributed by atoms with E-state index in [0.29, 0.717) is 29.7 Å². The largest absolute Gasteiger partial charge is 0.370 e. The number of unbranched alkanes of at least 4 members (excludes halogenated alkanes) is 1. The Kier molecular flexibility index (Phi) is 22.0. The van der Waals surface area contributed by atoms with Crippen LogP contribution in [0.1, 0.15) is 75.6 Å². The number of nitrogens with zero attached hydrogens (tertiary/aromatic N) is 2. The highest BCUT2D eigenvalue weighted by Gasteiger charge is 2.34. The van der Waals surface area contributed by atoms with Crippen molar-refractivity contribution in [2.24, 2.45) is 27.9 Å². The predicted molar refractivity (Wildman–Crippen MR) is 262 cm³/mol. The summed E-state index contributed by atoms with van der Waals surface area (Å²) >= 11 is 0. The number of nitrogens with two attached hydrogens (primary N) is 4. The number of aromatic nitrogens is 3. The van der Waals surface area contributed by atoms with Gasteiger partial charge in [-0.3, -0.25) is 48.1 Å². The third-order valence-corrected chi connectivity index (χ3v) is 11.1. The van der Waals surface area contributed by atoms with Crippen molar-refractivity contribution in [1.82, 2.24) is 52.2 Å². The van der Waals surface area contributed by atoms with E-state index in [-0.39, 0.29) is 63.9 Å². The molecule has 9 amide bonds. The number of hydrogen-bond donors (Lipinski definition) is 13. The number of amides is 9. The first-order valence-electron chi connectivity index (χ1n) is 23.2. The summed E-state index contributed by atoms with van der Waals surface area (Å²) in [5.74, 6) is -7.04. The molecule has 0 saturated carbocycles. The molecule has 4 rings (SSSR count). The van der Waals surface area contributed by atoms with Crippen LogP contribution in [0, 0.1) is 0 Å². The molecule has 2 aromatic heterocycles. The normalized spacial score (nSPS) is 13.4.